The van der Waals surface area contributed by atoms with Crippen LogP contribution in [0.2, 0.25) is 0 Å². The van der Waals surface area contributed by atoms with Crippen LogP contribution in [-0.4, -0.2) is 10.2 Å². The van der Waals surface area contributed by atoms with E-state index in [1.807, 2.05) is 0 Å². The lowest BCUT2D eigenvalue weighted by molar-refractivity contribution is 0.460. The van der Waals surface area contributed by atoms with Gasteiger partial charge in [0.25, 0.3) is 0 Å². The number of unbranched alkanes of at least 4 members (excludes halogenated alkanes) is 2. The van der Waals surface area contributed by atoms with Gasteiger partial charge in [0.1, 0.15) is 11.5 Å². The Bertz CT molecular complexity index is 181. The van der Waals surface area contributed by atoms with E-state index in [1.165, 1.54) is 43.5 Å². The summed E-state index contributed by atoms with van der Waals surface area (Å²) >= 11 is 0. The molecule has 1 aromatic carbocycles. The smallest absolute Gasteiger partial charge is 0.115 e. The van der Waals surface area contributed by atoms with E-state index in [1.54, 1.807) is 0 Å². The minimum atomic E-state index is 0.169. The summed E-state index contributed by atoms with van der Waals surface area (Å²) < 4.78 is 0. The molecule has 2 nitrogen and oxygen atoms in total. The van der Waals surface area contributed by atoms with E-state index in [-0.39, 0.29) is 11.5 Å². The lowest BCUT2D eigenvalue weighted by Gasteiger charge is -1.88. The quantitative estimate of drug-likeness (QED) is 0.689. The van der Waals surface area contributed by atoms with Crippen molar-refractivity contribution in [1.82, 2.24) is 0 Å². The Labute approximate surface area is 79.9 Å². The number of rotatable bonds is 2. The Morgan fingerprint density at radius 1 is 0.846 bits per heavy atom. The second-order valence-corrected chi connectivity index (χ2v) is 2.87. The Hall–Kier alpha value is -1.18. The van der Waals surface area contributed by atoms with E-state index >= 15 is 0 Å². The van der Waals surface area contributed by atoms with E-state index in [4.69, 9.17) is 10.2 Å². The predicted molar refractivity (Wildman–Crippen MR) is 55.0 cm³/mol. The molecule has 0 aliphatic rings. The van der Waals surface area contributed by atoms with Gasteiger partial charge >= 0.3 is 0 Å². The molecular formula is C11H18O2. The van der Waals surface area contributed by atoms with Gasteiger partial charge in [0.15, 0.2) is 0 Å². The minimum absolute atomic E-state index is 0.169. The number of aromatic hydroxyl groups is 2. The van der Waals surface area contributed by atoms with Crippen LogP contribution in [0.3, 0.4) is 0 Å². The molecule has 74 valence electrons. The Kier molecular flexibility index (Phi) is 6.79. The average molecular weight is 182 g/mol. The van der Waals surface area contributed by atoms with Gasteiger partial charge in [-0.05, 0) is 24.3 Å². The topological polar surface area (TPSA) is 40.5 Å². The van der Waals surface area contributed by atoms with Gasteiger partial charge in [-0.3, -0.25) is 0 Å². The molecule has 0 saturated heterocycles. The number of hydrogen-bond acceptors (Lipinski definition) is 2. The molecule has 2 heteroatoms. The lowest BCUT2D eigenvalue weighted by Crippen LogP contribution is -1.61. The Morgan fingerprint density at radius 3 is 1.31 bits per heavy atom. The summed E-state index contributed by atoms with van der Waals surface area (Å²) in [5, 5.41) is 17.3. The molecule has 2 N–H and O–H groups in total. The van der Waals surface area contributed by atoms with Crippen molar-refractivity contribution < 1.29 is 10.2 Å². The summed E-state index contributed by atoms with van der Waals surface area (Å²) in [6, 6.07) is 5.70. The van der Waals surface area contributed by atoms with Gasteiger partial charge in [-0.25, -0.2) is 0 Å². The van der Waals surface area contributed by atoms with Crippen molar-refractivity contribution in [1.29, 1.82) is 0 Å². The molecule has 0 aromatic heterocycles. The van der Waals surface area contributed by atoms with Crippen molar-refractivity contribution in [2.45, 2.75) is 33.1 Å². The summed E-state index contributed by atoms with van der Waals surface area (Å²) in [5.74, 6) is 0.339. The van der Waals surface area contributed by atoms with Crippen LogP contribution in [0.5, 0.6) is 11.5 Å². The minimum Gasteiger partial charge on any atom is -0.508 e. The van der Waals surface area contributed by atoms with E-state index in [2.05, 4.69) is 13.8 Å². The molecule has 0 amide bonds. The lowest BCUT2D eigenvalue weighted by atomic mass is 10.3. The van der Waals surface area contributed by atoms with E-state index in [9.17, 15) is 0 Å². The SMILES string of the molecule is CCCCC.Oc1ccc(O)cc1. The van der Waals surface area contributed by atoms with Crippen LogP contribution < -0.4 is 0 Å². The zero-order valence-corrected chi connectivity index (χ0v) is 8.33. The first-order chi connectivity index (χ1) is 6.20. The fourth-order valence-corrected chi connectivity index (χ4v) is 0.806. The molecule has 13 heavy (non-hydrogen) atoms. The van der Waals surface area contributed by atoms with Crippen molar-refractivity contribution in [2.24, 2.45) is 0 Å². The van der Waals surface area contributed by atoms with Gasteiger partial charge in [0, 0.05) is 0 Å². The zero-order chi connectivity index (χ0) is 10.1. The van der Waals surface area contributed by atoms with Crippen LogP contribution in [0.1, 0.15) is 33.1 Å². The average Bonchev–Trinajstić information content (AvgIpc) is 2.13. The van der Waals surface area contributed by atoms with Gasteiger partial charge in [0.05, 0.1) is 0 Å². The normalized spacial score (nSPS) is 8.77. The molecule has 0 bridgehead atoms. The third kappa shape index (κ3) is 7.19. The van der Waals surface area contributed by atoms with Crippen molar-refractivity contribution in [3.63, 3.8) is 0 Å². The highest BCUT2D eigenvalue weighted by atomic mass is 16.3. The van der Waals surface area contributed by atoms with Gasteiger partial charge in [-0.1, -0.05) is 33.1 Å². The Balaban J connectivity index is 0.000000252. The van der Waals surface area contributed by atoms with Crippen LogP contribution >= 0.6 is 0 Å². The van der Waals surface area contributed by atoms with Crippen LogP contribution in [-0.2, 0) is 0 Å². The third-order valence-corrected chi connectivity index (χ3v) is 1.56. The van der Waals surface area contributed by atoms with E-state index < -0.39 is 0 Å². The molecular weight excluding hydrogens is 164 g/mol. The maximum atomic E-state index is 8.65. The molecule has 0 radical (unpaired) electrons. The van der Waals surface area contributed by atoms with E-state index in [0.717, 1.165) is 0 Å². The van der Waals surface area contributed by atoms with Gasteiger partial charge < -0.3 is 10.2 Å². The zero-order valence-electron chi connectivity index (χ0n) is 8.33. The fraction of sp³-hybridized carbons (Fsp3) is 0.455. The molecule has 1 aromatic rings. The first-order valence-electron chi connectivity index (χ1n) is 4.68. The summed E-state index contributed by atoms with van der Waals surface area (Å²) in [6.45, 7) is 4.42. The first-order valence-corrected chi connectivity index (χ1v) is 4.68. The molecule has 0 atom stereocenters. The highest BCUT2D eigenvalue weighted by Gasteiger charge is 1.84. The largest absolute Gasteiger partial charge is 0.508 e. The predicted octanol–water partition coefficient (Wildman–Crippen LogP) is 3.29. The van der Waals surface area contributed by atoms with E-state index in [0.29, 0.717) is 0 Å². The molecule has 0 spiro atoms. The molecule has 1 rings (SSSR count). The summed E-state index contributed by atoms with van der Waals surface area (Å²) in [4.78, 5) is 0. The number of hydrogen-bond donors (Lipinski definition) is 2. The van der Waals surface area contributed by atoms with Crippen molar-refractivity contribution in [2.75, 3.05) is 0 Å². The molecule has 0 unspecified atom stereocenters. The maximum absolute atomic E-state index is 8.65. The fourth-order valence-electron chi connectivity index (χ4n) is 0.806. The van der Waals surface area contributed by atoms with Gasteiger partial charge in [-0.2, -0.15) is 0 Å². The van der Waals surface area contributed by atoms with Crippen LogP contribution in [0.25, 0.3) is 0 Å². The molecule has 0 fully saturated rings. The maximum Gasteiger partial charge on any atom is 0.115 e. The van der Waals surface area contributed by atoms with Crippen LogP contribution in [0.4, 0.5) is 0 Å². The summed E-state index contributed by atoms with van der Waals surface area (Å²) in [7, 11) is 0. The second-order valence-electron chi connectivity index (χ2n) is 2.87. The van der Waals surface area contributed by atoms with Gasteiger partial charge in [0.2, 0.25) is 0 Å². The van der Waals surface area contributed by atoms with Gasteiger partial charge in [-0.15, -0.1) is 0 Å². The first kappa shape index (κ1) is 11.8. The van der Waals surface area contributed by atoms with Crippen LogP contribution in [0.15, 0.2) is 24.3 Å². The molecule has 0 aliphatic heterocycles. The molecule has 0 aliphatic carbocycles. The Morgan fingerprint density at radius 2 is 1.15 bits per heavy atom. The summed E-state index contributed by atoms with van der Waals surface area (Å²) in [6.07, 6.45) is 4.08. The number of phenols is 2. The standard InChI is InChI=1S/C6H6O2.C5H12/c7-5-1-2-6(8)4-3-5;1-3-5-4-2/h1-4,7-8H;3-5H2,1-2H3. The highest BCUT2D eigenvalue weighted by Crippen LogP contribution is 2.13. The number of phenolic OH excluding ortho intramolecular Hbond substituents is 2. The van der Waals surface area contributed by atoms with Crippen molar-refractivity contribution in [3.8, 4) is 11.5 Å². The molecule has 0 heterocycles. The molecule has 0 saturated carbocycles. The highest BCUT2D eigenvalue weighted by molar-refractivity contribution is 5.28. The second kappa shape index (κ2) is 7.47. The van der Waals surface area contributed by atoms with Crippen molar-refractivity contribution >= 4 is 0 Å². The van der Waals surface area contributed by atoms with Crippen LogP contribution in [0, 0.1) is 0 Å². The monoisotopic (exact) mass is 182 g/mol. The summed E-state index contributed by atoms with van der Waals surface area (Å²) in [5.41, 5.74) is 0. The number of benzene rings is 1. The van der Waals surface area contributed by atoms with Crippen molar-refractivity contribution in [3.05, 3.63) is 24.3 Å². The third-order valence-electron chi connectivity index (χ3n) is 1.56.